The summed E-state index contributed by atoms with van der Waals surface area (Å²) < 4.78 is 5.79. The fourth-order valence-electron chi connectivity index (χ4n) is 6.09. The molecule has 1 amide bonds. The van der Waals surface area contributed by atoms with Crippen LogP contribution < -0.4 is 0 Å². The van der Waals surface area contributed by atoms with Crippen molar-refractivity contribution in [3.63, 3.8) is 0 Å². The Morgan fingerprint density at radius 3 is 2.72 bits per heavy atom. The summed E-state index contributed by atoms with van der Waals surface area (Å²) in [5, 5.41) is 0. The third-order valence-electron chi connectivity index (χ3n) is 7.41. The molecule has 5 atom stereocenters. The molecular weight excluding hydrogens is 364 g/mol. The van der Waals surface area contributed by atoms with Gasteiger partial charge in [-0.1, -0.05) is 30.3 Å². The van der Waals surface area contributed by atoms with Gasteiger partial charge in [-0.2, -0.15) is 0 Å². The molecule has 1 aromatic carbocycles. The van der Waals surface area contributed by atoms with Crippen molar-refractivity contribution < 1.29 is 14.3 Å². The number of hydrogen-bond donors (Lipinski definition) is 0. The zero-order chi connectivity index (χ0) is 19.8. The van der Waals surface area contributed by atoms with Crippen LogP contribution in [0.1, 0.15) is 44.1 Å². The summed E-state index contributed by atoms with van der Waals surface area (Å²) in [6.45, 7) is 3.00. The number of benzene rings is 1. The molecule has 5 nitrogen and oxygen atoms in total. The molecule has 0 N–H and O–H groups in total. The van der Waals surface area contributed by atoms with Gasteiger partial charge in [-0.15, -0.1) is 0 Å². The maximum atomic E-state index is 12.5. The van der Waals surface area contributed by atoms with Crippen LogP contribution in [0.25, 0.3) is 6.08 Å². The number of esters is 1. The van der Waals surface area contributed by atoms with Crippen LogP contribution in [0.4, 0.5) is 0 Å². The standard InChI is InChI=1S/C24H30N2O3/c27-23-8-4-7-21-18-13-19(16-26(21)23)22-14-20(11-12-25(22)15-18)29-24(28)10-9-17-5-2-1-3-6-17/h1-3,5-6,9-10,18-22H,4,7-8,11-16H2/b10-9-/t18?,19?,20?,21-,22+/m0/s1. The van der Waals surface area contributed by atoms with Gasteiger partial charge in [0, 0.05) is 50.6 Å². The van der Waals surface area contributed by atoms with E-state index >= 15 is 0 Å². The number of piperidine rings is 4. The number of nitrogens with zero attached hydrogens (tertiary/aromatic N) is 2. The van der Waals surface area contributed by atoms with Crippen molar-refractivity contribution in [2.75, 3.05) is 19.6 Å². The molecule has 0 radical (unpaired) electrons. The van der Waals surface area contributed by atoms with Gasteiger partial charge in [0.25, 0.3) is 0 Å². The molecule has 5 heteroatoms. The molecule has 4 fully saturated rings. The summed E-state index contributed by atoms with van der Waals surface area (Å²) in [6.07, 6.45) is 9.32. The van der Waals surface area contributed by atoms with E-state index in [-0.39, 0.29) is 12.1 Å². The van der Waals surface area contributed by atoms with Crippen molar-refractivity contribution in [1.82, 2.24) is 9.80 Å². The summed E-state index contributed by atoms with van der Waals surface area (Å²) in [5.41, 5.74) is 1.00. The molecule has 5 rings (SSSR count). The van der Waals surface area contributed by atoms with E-state index in [4.69, 9.17) is 4.74 Å². The first-order valence-corrected chi connectivity index (χ1v) is 11.1. The lowest BCUT2D eigenvalue weighted by Gasteiger charge is -2.57. The van der Waals surface area contributed by atoms with Crippen LogP contribution in [0.15, 0.2) is 36.4 Å². The lowest BCUT2D eigenvalue weighted by molar-refractivity contribution is -0.155. The molecular formula is C24H30N2O3. The zero-order valence-electron chi connectivity index (χ0n) is 16.9. The largest absolute Gasteiger partial charge is 0.459 e. The van der Waals surface area contributed by atoms with Gasteiger partial charge < -0.3 is 9.64 Å². The van der Waals surface area contributed by atoms with Crippen LogP contribution in [0.3, 0.4) is 0 Å². The Morgan fingerprint density at radius 1 is 1.03 bits per heavy atom. The Balaban J connectivity index is 1.21. The Morgan fingerprint density at radius 2 is 1.86 bits per heavy atom. The third-order valence-corrected chi connectivity index (χ3v) is 7.41. The van der Waals surface area contributed by atoms with Crippen molar-refractivity contribution in [2.24, 2.45) is 11.8 Å². The highest BCUT2D eigenvalue weighted by Gasteiger charge is 2.49. The summed E-state index contributed by atoms with van der Waals surface area (Å²) in [5.74, 6) is 1.25. The van der Waals surface area contributed by atoms with E-state index in [2.05, 4.69) is 9.80 Å². The number of carbonyl (C=O) groups excluding carboxylic acids is 2. The topological polar surface area (TPSA) is 49.9 Å². The quantitative estimate of drug-likeness (QED) is 0.584. The van der Waals surface area contributed by atoms with Gasteiger partial charge in [0.2, 0.25) is 5.91 Å². The van der Waals surface area contributed by atoms with Gasteiger partial charge in [0.1, 0.15) is 6.10 Å². The van der Waals surface area contributed by atoms with Crippen molar-refractivity contribution in [3.05, 3.63) is 42.0 Å². The van der Waals surface area contributed by atoms with Crippen LogP contribution in [-0.2, 0) is 14.3 Å². The van der Waals surface area contributed by atoms with Crippen molar-refractivity contribution in [1.29, 1.82) is 0 Å². The fourth-order valence-corrected chi connectivity index (χ4v) is 6.09. The number of amides is 1. The second-order valence-electron chi connectivity index (χ2n) is 9.15. The molecule has 29 heavy (non-hydrogen) atoms. The average molecular weight is 395 g/mol. The second-order valence-corrected chi connectivity index (χ2v) is 9.15. The highest BCUT2D eigenvalue weighted by Crippen LogP contribution is 2.43. The summed E-state index contributed by atoms with van der Waals surface area (Å²) in [6, 6.07) is 10.7. The first kappa shape index (κ1) is 18.9. The van der Waals surface area contributed by atoms with Crippen LogP contribution in [0.2, 0.25) is 0 Å². The van der Waals surface area contributed by atoms with E-state index in [1.54, 1.807) is 0 Å². The Labute approximate surface area is 172 Å². The van der Waals surface area contributed by atoms with E-state index in [1.165, 1.54) is 18.9 Å². The SMILES string of the molecule is O=C(/C=C\c1ccccc1)OC1CCN2CC3CC(CN4C(=O)CCC[C@@H]34)[C@H]2C1. The smallest absolute Gasteiger partial charge is 0.331 e. The first-order valence-electron chi connectivity index (χ1n) is 11.1. The van der Waals surface area contributed by atoms with E-state index in [0.29, 0.717) is 29.8 Å². The minimum Gasteiger partial charge on any atom is -0.459 e. The molecule has 4 aliphatic heterocycles. The second kappa shape index (κ2) is 7.94. The maximum absolute atomic E-state index is 12.5. The van der Waals surface area contributed by atoms with E-state index < -0.39 is 0 Å². The van der Waals surface area contributed by atoms with Crippen LogP contribution in [0, 0.1) is 11.8 Å². The lowest BCUT2D eigenvalue weighted by Crippen LogP contribution is -2.65. The summed E-state index contributed by atoms with van der Waals surface area (Å²) >= 11 is 0. The van der Waals surface area contributed by atoms with Gasteiger partial charge in [0.15, 0.2) is 0 Å². The number of hydrogen-bond acceptors (Lipinski definition) is 4. The van der Waals surface area contributed by atoms with Gasteiger partial charge in [-0.25, -0.2) is 4.79 Å². The van der Waals surface area contributed by atoms with Crippen molar-refractivity contribution >= 4 is 18.0 Å². The minimum atomic E-state index is -0.254. The molecule has 0 aliphatic carbocycles. The highest BCUT2D eigenvalue weighted by atomic mass is 16.5. The van der Waals surface area contributed by atoms with Gasteiger partial charge in [0.05, 0.1) is 0 Å². The number of ether oxygens (including phenoxy) is 1. The van der Waals surface area contributed by atoms with Gasteiger partial charge >= 0.3 is 5.97 Å². The van der Waals surface area contributed by atoms with Crippen molar-refractivity contribution in [2.45, 2.75) is 56.7 Å². The van der Waals surface area contributed by atoms with Crippen LogP contribution >= 0.6 is 0 Å². The average Bonchev–Trinajstić information content (AvgIpc) is 2.74. The van der Waals surface area contributed by atoms with E-state index in [1.807, 2.05) is 36.4 Å². The molecule has 2 bridgehead atoms. The van der Waals surface area contributed by atoms with Gasteiger partial charge in [-0.3, -0.25) is 9.69 Å². The fraction of sp³-hybridized carbons (Fsp3) is 0.583. The maximum Gasteiger partial charge on any atom is 0.331 e. The zero-order valence-corrected chi connectivity index (χ0v) is 16.9. The summed E-state index contributed by atoms with van der Waals surface area (Å²) in [7, 11) is 0. The molecule has 1 aromatic rings. The number of rotatable bonds is 3. The Bertz CT molecular complexity index is 793. The minimum absolute atomic E-state index is 0.0181. The highest BCUT2D eigenvalue weighted by molar-refractivity contribution is 5.87. The lowest BCUT2D eigenvalue weighted by atomic mass is 9.70. The molecule has 4 heterocycles. The molecule has 4 aliphatic rings. The molecule has 0 spiro atoms. The molecule has 0 saturated carbocycles. The number of carbonyl (C=O) groups is 2. The van der Waals surface area contributed by atoms with Crippen molar-refractivity contribution in [3.8, 4) is 0 Å². The van der Waals surface area contributed by atoms with E-state index in [0.717, 1.165) is 50.9 Å². The predicted molar refractivity (Wildman–Crippen MR) is 111 cm³/mol. The first-order chi connectivity index (χ1) is 14.2. The van der Waals surface area contributed by atoms with E-state index in [9.17, 15) is 9.59 Å². The predicted octanol–water partition coefficient (Wildman–Crippen LogP) is 3.11. The van der Waals surface area contributed by atoms with Crippen LogP contribution in [0.5, 0.6) is 0 Å². The molecule has 4 saturated heterocycles. The monoisotopic (exact) mass is 394 g/mol. The molecule has 154 valence electrons. The Hall–Kier alpha value is -2.14. The van der Waals surface area contributed by atoms with Gasteiger partial charge in [-0.05, 0) is 49.2 Å². The van der Waals surface area contributed by atoms with Crippen LogP contribution in [-0.4, -0.2) is 59.5 Å². The third kappa shape index (κ3) is 3.85. The Kier molecular flexibility index (Phi) is 5.17. The molecule has 3 unspecified atom stereocenters. The number of fused-ring (bicyclic) bond motifs is 6. The normalized spacial score (nSPS) is 34.6. The summed E-state index contributed by atoms with van der Waals surface area (Å²) in [4.78, 5) is 29.6. The molecule has 0 aromatic heterocycles.